The number of rotatable bonds is 2. The van der Waals surface area contributed by atoms with Gasteiger partial charge in [0.1, 0.15) is 0 Å². The highest BCUT2D eigenvalue weighted by atomic mass is 32.1. The molecule has 0 radical (unpaired) electrons. The van der Waals surface area contributed by atoms with Crippen LogP contribution in [0.1, 0.15) is 30.5 Å². The van der Waals surface area contributed by atoms with E-state index in [1.165, 1.54) is 0 Å². The van der Waals surface area contributed by atoms with Gasteiger partial charge in [-0.1, -0.05) is 6.92 Å². The molecule has 0 spiro atoms. The standard InChI is InChI=1S/C10H15NOS/c1-7-3-10(12,4-7)5-9-11-8(2)6-13-9/h6-7,12H,3-5H2,1-2H3. The Morgan fingerprint density at radius 2 is 2.38 bits per heavy atom. The lowest BCUT2D eigenvalue weighted by Crippen LogP contribution is -2.44. The summed E-state index contributed by atoms with van der Waals surface area (Å²) in [5.74, 6) is 0.686. The molecule has 0 bridgehead atoms. The van der Waals surface area contributed by atoms with Gasteiger partial charge in [-0.15, -0.1) is 11.3 Å². The molecule has 0 saturated heterocycles. The summed E-state index contributed by atoms with van der Waals surface area (Å²) < 4.78 is 0. The van der Waals surface area contributed by atoms with Gasteiger partial charge >= 0.3 is 0 Å². The summed E-state index contributed by atoms with van der Waals surface area (Å²) in [4.78, 5) is 4.36. The van der Waals surface area contributed by atoms with Gasteiger partial charge in [0.25, 0.3) is 0 Å². The highest BCUT2D eigenvalue weighted by Gasteiger charge is 2.40. The van der Waals surface area contributed by atoms with Gasteiger partial charge < -0.3 is 5.11 Å². The molecule has 0 aliphatic heterocycles. The van der Waals surface area contributed by atoms with Gasteiger partial charge in [-0.05, 0) is 25.7 Å². The summed E-state index contributed by atoms with van der Waals surface area (Å²) in [7, 11) is 0. The lowest BCUT2D eigenvalue weighted by molar-refractivity contribution is -0.0666. The molecule has 72 valence electrons. The van der Waals surface area contributed by atoms with Crippen molar-refractivity contribution in [3.05, 3.63) is 16.1 Å². The van der Waals surface area contributed by atoms with E-state index in [0.29, 0.717) is 5.92 Å². The minimum atomic E-state index is -0.441. The van der Waals surface area contributed by atoms with E-state index in [0.717, 1.165) is 30.0 Å². The predicted molar refractivity (Wildman–Crippen MR) is 53.9 cm³/mol. The van der Waals surface area contributed by atoms with Crippen molar-refractivity contribution in [2.24, 2.45) is 5.92 Å². The molecule has 1 aromatic heterocycles. The summed E-state index contributed by atoms with van der Waals surface area (Å²) in [6.07, 6.45) is 2.62. The van der Waals surface area contributed by atoms with Crippen molar-refractivity contribution in [1.82, 2.24) is 4.98 Å². The summed E-state index contributed by atoms with van der Waals surface area (Å²) >= 11 is 1.66. The summed E-state index contributed by atoms with van der Waals surface area (Å²) in [6, 6.07) is 0. The summed E-state index contributed by atoms with van der Waals surface area (Å²) in [6.45, 7) is 4.18. The van der Waals surface area contributed by atoms with Crippen LogP contribution >= 0.6 is 11.3 Å². The SMILES string of the molecule is Cc1csc(CC2(O)CC(C)C2)n1. The third kappa shape index (κ3) is 1.92. The largest absolute Gasteiger partial charge is 0.389 e. The third-order valence-corrected chi connectivity index (χ3v) is 3.57. The van der Waals surface area contributed by atoms with Crippen molar-refractivity contribution in [2.45, 2.75) is 38.7 Å². The Morgan fingerprint density at radius 3 is 2.85 bits per heavy atom. The van der Waals surface area contributed by atoms with Crippen molar-refractivity contribution in [3.8, 4) is 0 Å². The lowest BCUT2D eigenvalue weighted by atomic mass is 9.70. The topological polar surface area (TPSA) is 33.1 Å². The molecule has 1 aliphatic rings. The Labute approximate surface area is 82.6 Å². The molecule has 1 aliphatic carbocycles. The molecular formula is C10H15NOS. The van der Waals surface area contributed by atoms with Crippen LogP contribution in [-0.4, -0.2) is 15.7 Å². The van der Waals surface area contributed by atoms with E-state index in [4.69, 9.17) is 0 Å². The van der Waals surface area contributed by atoms with Crippen LogP contribution in [0.5, 0.6) is 0 Å². The van der Waals surface area contributed by atoms with Crippen LogP contribution in [0.4, 0.5) is 0 Å². The molecular weight excluding hydrogens is 182 g/mol. The minimum absolute atomic E-state index is 0.441. The molecule has 1 aromatic rings. The second-order valence-corrected chi connectivity index (χ2v) is 5.24. The van der Waals surface area contributed by atoms with Crippen LogP contribution in [0.3, 0.4) is 0 Å². The zero-order valence-corrected chi connectivity index (χ0v) is 8.90. The highest BCUT2D eigenvalue weighted by Crippen LogP contribution is 2.39. The Balaban J connectivity index is 1.99. The third-order valence-electron chi connectivity index (χ3n) is 2.60. The van der Waals surface area contributed by atoms with Crippen molar-refractivity contribution < 1.29 is 5.11 Å². The number of aromatic nitrogens is 1. The fourth-order valence-electron chi connectivity index (χ4n) is 2.15. The smallest absolute Gasteiger partial charge is 0.0956 e. The number of hydrogen-bond acceptors (Lipinski definition) is 3. The maximum absolute atomic E-state index is 10.0. The second kappa shape index (κ2) is 3.07. The normalized spacial score (nSPS) is 33.0. The van der Waals surface area contributed by atoms with Crippen LogP contribution in [0, 0.1) is 12.8 Å². The van der Waals surface area contributed by atoms with E-state index in [1.807, 2.05) is 12.3 Å². The Kier molecular flexibility index (Phi) is 2.16. The van der Waals surface area contributed by atoms with E-state index in [2.05, 4.69) is 11.9 Å². The first-order valence-corrected chi connectivity index (χ1v) is 5.59. The van der Waals surface area contributed by atoms with Crippen molar-refractivity contribution in [3.63, 3.8) is 0 Å². The summed E-state index contributed by atoms with van der Waals surface area (Å²) in [5.41, 5.74) is 0.625. The number of hydrogen-bond donors (Lipinski definition) is 1. The van der Waals surface area contributed by atoms with E-state index in [-0.39, 0.29) is 0 Å². The summed E-state index contributed by atoms with van der Waals surface area (Å²) in [5, 5.41) is 13.1. The fourth-order valence-corrected chi connectivity index (χ4v) is 3.06. The number of aryl methyl sites for hydroxylation is 1. The van der Waals surface area contributed by atoms with Gasteiger partial charge in [0, 0.05) is 17.5 Å². The number of nitrogens with zero attached hydrogens (tertiary/aromatic N) is 1. The number of aliphatic hydroxyl groups is 1. The Hall–Kier alpha value is -0.410. The van der Waals surface area contributed by atoms with E-state index in [1.54, 1.807) is 11.3 Å². The molecule has 13 heavy (non-hydrogen) atoms. The molecule has 2 nitrogen and oxygen atoms in total. The molecule has 1 saturated carbocycles. The van der Waals surface area contributed by atoms with E-state index >= 15 is 0 Å². The van der Waals surface area contributed by atoms with Gasteiger partial charge in [-0.25, -0.2) is 4.98 Å². The quantitative estimate of drug-likeness (QED) is 0.788. The van der Waals surface area contributed by atoms with Crippen molar-refractivity contribution in [2.75, 3.05) is 0 Å². The molecule has 1 fully saturated rings. The predicted octanol–water partition coefficient (Wildman–Crippen LogP) is 2.16. The van der Waals surface area contributed by atoms with Crippen molar-refractivity contribution in [1.29, 1.82) is 0 Å². The average Bonchev–Trinajstić information content (AvgIpc) is 2.32. The van der Waals surface area contributed by atoms with Gasteiger partial charge in [-0.2, -0.15) is 0 Å². The van der Waals surface area contributed by atoms with Crippen LogP contribution in [-0.2, 0) is 6.42 Å². The first kappa shape index (κ1) is 9.16. The molecule has 1 heterocycles. The molecule has 0 amide bonds. The van der Waals surface area contributed by atoms with E-state index < -0.39 is 5.60 Å². The van der Waals surface area contributed by atoms with Crippen molar-refractivity contribution >= 4 is 11.3 Å². The average molecular weight is 197 g/mol. The van der Waals surface area contributed by atoms with Gasteiger partial charge in [0.15, 0.2) is 0 Å². The molecule has 1 N–H and O–H groups in total. The van der Waals surface area contributed by atoms with Gasteiger partial charge in [0.05, 0.1) is 10.6 Å². The maximum Gasteiger partial charge on any atom is 0.0956 e. The first-order chi connectivity index (χ1) is 6.07. The molecule has 0 atom stereocenters. The minimum Gasteiger partial charge on any atom is -0.389 e. The van der Waals surface area contributed by atoms with Gasteiger partial charge in [0.2, 0.25) is 0 Å². The van der Waals surface area contributed by atoms with Crippen LogP contribution < -0.4 is 0 Å². The Morgan fingerprint density at radius 1 is 1.69 bits per heavy atom. The molecule has 0 unspecified atom stereocenters. The second-order valence-electron chi connectivity index (χ2n) is 4.30. The van der Waals surface area contributed by atoms with Crippen LogP contribution in [0.15, 0.2) is 5.38 Å². The van der Waals surface area contributed by atoms with Gasteiger partial charge in [-0.3, -0.25) is 0 Å². The number of thiazole rings is 1. The lowest BCUT2D eigenvalue weighted by Gasteiger charge is -2.41. The first-order valence-electron chi connectivity index (χ1n) is 4.71. The fraction of sp³-hybridized carbons (Fsp3) is 0.700. The van der Waals surface area contributed by atoms with Crippen LogP contribution in [0.25, 0.3) is 0 Å². The maximum atomic E-state index is 10.0. The molecule has 3 heteroatoms. The zero-order chi connectivity index (χ0) is 9.47. The molecule has 0 aromatic carbocycles. The monoisotopic (exact) mass is 197 g/mol. The van der Waals surface area contributed by atoms with E-state index in [9.17, 15) is 5.11 Å². The Bertz CT molecular complexity index is 302. The zero-order valence-electron chi connectivity index (χ0n) is 8.08. The van der Waals surface area contributed by atoms with Crippen LogP contribution in [0.2, 0.25) is 0 Å². The highest BCUT2D eigenvalue weighted by molar-refractivity contribution is 7.09. The molecule has 2 rings (SSSR count).